The number of aromatic amines is 1. The van der Waals surface area contributed by atoms with Crippen molar-refractivity contribution in [1.82, 2.24) is 9.55 Å². The van der Waals surface area contributed by atoms with Gasteiger partial charge in [0, 0.05) is 11.6 Å². The lowest BCUT2D eigenvalue weighted by atomic mass is 10.1. The predicted molar refractivity (Wildman–Crippen MR) is 69.6 cm³/mol. The van der Waals surface area contributed by atoms with Crippen molar-refractivity contribution in [3.8, 4) is 0 Å². The molecule has 0 atom stereocenters. The average Bonchev–Trinajstić information content (AvgIpc) is 2.94. The van der Waals surface area contributed by atoms with E-state index in [1.165, 1.54) is 4.57 Å². The third-order valence-corrected chi connectivity index (χ3v) is 3.63. The van der Waals surface area contributed by atoms with E-state index in [1.54, 1.807) is 18.2 Å². The number of imidazole rings is 1. The lowest BCUT2D eigenvalue weighted by molar-refractivity contribution is 0.0838. The minimum Gasteiger partial charge on any atom is -0.399 e. The van der Waals surface area contributed by atoms with E-state index < -0.39 is 0 Å². The van der Waals surface area contributed by atoms with E-state index >= 15 is 0 Å². The largest absolute Gasteiger partial charge is 0.399 e. The highest BCUT2D eigenvalue weighted by atomic mass is 16.2. The van der Waals surface area contributed by atoms with Crippen LogP contribution >= 0.6 is 0 Å². The number of benzene rings is 1. The maximum absolute atomic E-state index is 12.3. The van der Waals surface area contributed by atoms with Crippen LogP contribution in [-0.4, -0.2) is 15.5 Å². The molecule has 3 N–H and O–H groups in total. The first-order valence-electron chi connectivity index (χ1n) is 6.21. The number of aromatic nitrogens is 2. The summed E-state index contributed by atoms with van der Waals surface area (Å²) in [6.07, 6.45) is 3.90. The normalized spacial score (nSPS) is 16.4. The second kappa shape index (κ2) is 4.01. The number of hydrogen-bond donors (Lipinski definition) is 2. The van der Waals surface area contributed by atoms with Crippen LogP contribution in [0.15, 0.2) is 23.0 Å². The van der Waals surface area contributed by atoms with Crippen LogP contribution in [0.25, 0.3) is 11.0 Å². The number of anilines is 1. The highest BCUT2D eigenvalue weighted by Gasteiger charge is 2.26. The van der Waals surface area contributed by atoms with Crippen molar-refractivity contribution in [2.24, 2.45) is 5.92 Å². The highest BCUT2D eigenvalue weighted by Crippen LogP contribution is 2.27. The van der Waals surface area contributed by atoms with Gasteiger partial charge in [0.05, 0.1) is 11.0 Å². The third kappa shape index (κ3) is 1.63. The fourth-order valence-corrected chi connectivity index (χ4v) is 2.70. The molecule has 3 rings (SSSR count). The topological polar surface area (TPSA) is 80.9 Å². The van der Waals surface area contributed by atoms with Crippen molar-refractivity contribution >= 4 is 22.6 Å². The summed E-state index contributed by atoms with van der Waals surface area (Å²) >= 11 is 0. The van der Waals surface area contributed by atoms with Crippen molar-refractivity contribution in [3.63, 3.8) is 0 Å². The number of hydrogen-bond acceptors (Lipinski definition) is 3. The van der Waals surface area contributed by atoms with E-state index in [9.17, 15) is 9.59 Å². The van der Waals surface area contributed by atoms with Crippen molar-refractivity contribution in [2.45, 2.75) is 25.7 Å². The zero-order valence-electron chi connectivity index (χ0n) is 9.98. The number of carbonyl (C=O) groups excluding carboxylic acids is 1. The van der Waals surface area contributed by atoms with Crippen LogP contribution in [0.5, 0.6) is 0 Å². The van der Waals surface area contributed by atoms with Crippen molar-refractivity contribution in [1.29, 1.82) is 0 Å². The van der Waals surface area contributed by atoms with E-state index in [0.29, 0.717) is 16.7 Å². The summed E-state index contributed by atoms with van der Waals surface area (Å²) in [5.74, 6) is -0.104. The van der Waals surface area contributed by atoms with Crippen molar-refractivity contribution in [3.05, 3.63) is 28.7 Å². The highest BCUT2D eigenvalue weighted by molar-refractivity contribution is 5.92. The molecule has 5 nitrogen and oxygen atoms in total. The Morgan fingerprint density at radius 1 is 1.33 bits per heavy atom. The van der Waals surface area contributed by atoms with Gasteiger partial charge >= 0.3 is 5.69 Å². The van der Waals surface area contributed by atoms with Gasteiger partial charge in [-0.3, -0.25) is 4.79 Å². The van der Waals surface area contributed by atoms with Gasteiger partial charge in [0.2, 0.25) is 5.91 Å². The van der Waals surface area contributed by atoms with Crippen LogP contribution in [0.3, 0.4) is 0 Å². The van der Waals surface area contributed by atoms with E-state index in [2.05, 4.69) is 4.98 Å². The van der Waals surface area contributed by atoms with Crippen molar-refractivity contribution < 1.29 is 4.79 Å². The first-order valence-corrected chi connectivity index (χ1v) is 6.21. The summed E-state index contributed by atoms with van der Waals surface area (Å²) in [7, 11) is 0. The van der Waals surface area contributed by atoms with Gasteiger partial charge < -0.3 is 10.7 Å². The van der Waals surface area contributed by atoms with Gasteiger partial charge in [-0.15, -0.1) is 0 Å². The van der Waals surface area contributed by atoms with E-state index in [-0.39, 0.29) is 17.5 Å². The molecule has 0 bridgehead atoms. The first-order chi connectivity index (χ1) is 8.66. The summed E-state index contributed by atoms with van der Waals surface area (Å²) in [6, 6.07) is 5.10. The SMILES string of the molecule is Nc1ccc2c(c1)[nH]c(=O)n2C(=O)C1CCCC1. The van der Waals surface area contributed by atoms with Gasteiger partial charge in [0.25, 0.3) is 0 Å². The summed E-state index contributed by atoms with van der Waals surface area (Å²) in [4.78, 5) is 26.9. The molecule has 0 amide bonds. The predicted octanol–water partition coefficient (Wildman–Crippen LogP) is 1.74. The number of carbonyl (C=O) groups is 1. The lowest BCUT2D eigenvalue weighted by Crippen LogP contribution is -2.28. The van der Waals surface area contributed by atoms with Crippen LogP contribution in [0.4, 0.5) is 5.69 Å². The number of nitrogens with zero attached hydrogens (tertiary/aromatic N) is 1. The third-order valence-electron chi connectivity index (χ3n) is 3.63. The molecule has 0 spiro atoms. The lowest BCUT2D eigenvalue weighted by Gasteiger charge is -2.08. The Bertz CT molecular complexity index is 662. The molecule has 1 aliphatic rings. The fourth-order valence-electron chi connectivity index (χ4n) is 2.70. The quantitative estimate of drug-likeness (QED) is 0.751. The van der Waals surface area contributed by atoms with Gasteiger partial charge in [-0.1, -0.05) is 12.8 Å². The van der Waals surface area contributed by atoms with Gasteiger partial charge in [-0.25, -0.2) is 9.36 Å². The molecule has 1 aromatic heterocycles. The number of nitrogens with two attached hydrogens (primary N) is 1. The Kier molecular flexibility index (Phi) is 2.47. The Morgan fingerprint density at radius 3 is 2.78 bits per heavy atom. The summed E-state index contributed by atoms with van der Waals surface area (Å²) < 4.78 is 1.25. The molecular formula is C13H15N3O2. The molecule has 0 aliphatic heterocycles. The van der Waals surface area contributed by atoms with Gasteiger partial charge in [0.1, 0.15) is 0 Å². The molecule has 1 fully saturated rings. The van der Waals surface area contributed by atoms with Gasteiger partial charge in [-0.2, -0.15) is 0 Å². The van der Waals surface area contributed by atoms with Gasteiger partial charge in [0.15, 0.2) is 0 Å². The molecule has 5 heteroatoms. The second-order valence-electron chi connectivity index (χ2n) is 4.86. The zero-order valence-corrected chi connectivity index (χ0v) is 9.98. The van der Waals surface area contributed by atoms with Gasteiger partial charge in [-0.05, 0) is 31.0 Å². The van der Waals surface area contributed by atoms with Crippen LogP contribution < -0.4 is 11.4 Å². The molecular weight excluding hydrogens is 230 g/mol. The number of H-pyrrole nitrogens is 1. The number of nitrogens with one attached hydrogen (secondary N) is 1. The molecule has 1 heterocycles. The summed E-state index contributed by atoms with van der Waals surface area (Å²) in [5.41, 5.74) is 7.10. The number of nitrogen functional groups attached to an aromatic ring is 1. The smallest absolute Gasteiger partial charge is 0.333 e. The second-order valence-corrected chi connectivity index (χ2v) is 4.86. The fraction of sp³-hybridized carbons (Fsp3) is 0.385. The standard InChI is InChI=1S/C13H15N3O2/c14-9-5-6-11-10(7-9)15-13(18)16(11)12(17)8-3-1-2-4-8/h5-8H,1-4,14H2,(H,15,18). The van der Waals surface area contributed by atoms with E-state index in [4.69, 9.17) is 5.73 Å². The molecule has 0 unspecified atom stereocenters. The minimum absolute atomic E-state index is 0.0146. The van der Waals surface area contributed by atoms with Crippen LogP contribution in [-0.2, 0) is 0 Å². The molecule has 0 saturated heterocycles. The molecule has 1 aromatic carbocycles. The first kappa shape index (κ1) is 11.1. The molecule has 1 aliphatic carbocycles. The van der Waals surface area contributed by atoms with Crippen LogP contribution in [0.1, 0.15) is 30.5 Å². The Morgan fingerprint density at radius 2 is 2.06 bits per heavy atom. The summed E-state index contributed by atoms with van der Waals surface area (Å²) in [5, 5.41) is 0. The summed E-state index contributed by atoms with van der Waals surface area (Å²) in [6.45, 7) is 0. The Hall–Kier alpha value is -2.04. The number of rotatable bonds is 1. The van der Waals surface area contributed by atoms with Crippen molar-refractivity contribution in [2.75, 3.05) is 5.73 Å². The average molecular weight is 245 g/mol. The molecule has 2 aromatic rings. The molecule has 1 saturated carbocycles. The maximum atomic E-state index is 12.3. The zero-order chi connectivity index (χ0) is 12.7. The monoisotopic (exact) mass is 245 g/mol. The van der Waals surface area contributed by atoms with E-state index in [1.807, 2.05) is 0 Å². The molecule has 18 heavy (non-hydrogen) atoms. The van der Waals surface area contributed by atoms with E-state index in [0.717, 1.165) is 25.7 Å². The Labute approximate surface area is 104 Å². The van der Waals surface area contributed by atoms with Crippen LogP contribution in [0.2, 0.25) is 0 Å². The number of fused-ring (bicyclic) bond motifs is 1. The maximum Gasteiger partial charge on any atom is 0.333 e. The Balaban J connectivity index is 2.13. The minimum atomic E-state index is -0.368. The van der Waals surface area contributed by atoms with Crippen LogP contribution in [0, 0.1) is 5.92 Å². The molecule has 94 valence electrons. The molecule has 0 radical (unpaired) electrons.